The summed E-state index contributed by atoms with van der Waals surface area (Å²) in [4.78, 5) is 15.2. The first-order chi connectivity index (χ1) is 9.45. The Hall–Kier alpha value is -1.88. The molecule has 0 radical (unpaired) electrons. The molecule has 0 saturated carbocycles. The number of aliphatic hydroxyl groups is 3. The normalized spacial score (nSPS) is 40.4. The first-order valence-corrected chi connectivity index (χ1v) is 5.69. The summed E-state index contributed by atoms with van der Waals surface area (Å²) in [5.74, 6) is 0. The zero-order chi connectivity index (χ0) is 14.9. The molecule has 2 aliphatic heterocycles. The molecular weight excluding hydrogens is 272 g/mol. The Balaban J connectivity index is 2.29. The minimum Gasteiger partial charge on any atom is -0.393 e. The van der Waals surface area contributed by atoms with Crippen molar-refractivity contribution in [1.82, 2.24) is 10.2 Å². The number of urea groups is 1. The van der Waals surface area contributed by atoms with Gasteiger partial charge in [-0.1, -0.05) is 5.11 Å². The van der Waals surface area contributed by atoms with Gasteiger partial charge in [0.05, 0.1) is 12.8 Å². The summed E-state index contributed by atoms with van der Waals surface area (Å²) in [6.45, 7) is -0.857. The quantitative estimate of drug-likeness (QED) is 0.225. The van der Waals surface area contributed by atoms with Gasteiger partial charge in [0.1, 0.15) is 12.2 Å². The van der Waals surface area contributed by atoms with Crippen LogP contribution in [0.15, 0.2) is 17.4 Å². The van der Waals surface area contributed by atoms with Crippen LogP contribution in [0.1, 0.15) is 0 Å². The van der Waals surface area contributed by atoms with E-state index in [1.165, 1.54) is 12.3 Å². The fourth-order valence-corrected chi connectivity index (χ4v) is 2.03. The van der Waals surface area contributed by atoms with Gasteiger partial charge in [0.15, 0.2) is 6.23 Å². The highest BCUT2D eigenvalue weighted by Gasteiger charge is 2.56. The number of nitrogens with two attached hydrogens (primary N) is 1. The van der Waals surface area contributed by atoms with Crippen LogP contribution in [-0.2, 0) is 4.74 Å². The Kier molecular flexibility index (Phi) is 3.81. The first-order valence-electron chi connectivity index (χ1n) is 5.69. The van der Waals surface area contributed by atoms with Crippen molar-refractivity contribution in [3.8, 4) is 0 Å². The average Bonchev–Trinajstić information content (AvgIpc) is 2.65. The first kappa shape index (κ1) is 14.5. The molecule has 0 aliphatic carbocycles. The molecule has 20 heavy (non-hydrogen) atoms. The number of carbonyl (C=O) groups excluding carboxylic acids is 1. The molecule has 1 unspecified atom stereocenters. The summed E-state index contributed by atoms with van der Waals surface area (Å²) in [5, 5.41) is 34.6. The van der Waals surface area contributed by atoms with Crippen molar-refractivity contribution < 1.29 is 24.9 Å². The summed E-state index contributed by atoms with van der Waals surface area (Å²) in [6.07, 6.45) is -2.57. The van der Waals surface area contributed by atoms with Crippen molar-refractivity contribution in [2.45, 2.75) is 30.3 Å². The van der Waals surface area contributed by atoms with E-state index in [9.17, 15) is 20.1 Å². The number of rotatable bonds is 3. The third-order valence-corrected chi connectivity index (χ3v) is 3.10. The number of nitrogens with one attached hydrogen (secondary N) is 1. The molecule has 110 valence electrons. The second kappa shape index (κ2) is 5.25. The van der Waals surface area contributed by atoms with Gasteiger partial charge in [0.2, 0.25) is 5.72 Å². The third-order valence-electron chi connectivity index (χ3n) is 3.10. The summed E-state index contributed by atoms with van der Waals surface area (Å²) >= 11 is 0. The molecule has 2 heterocycles. The number of hydrogen-bond acceptors (Lipinski definition) is 7. The van der Waals surface area contributed by atoms with E-state index in [0.29, 0.717) is 0 Å². The highest BCUT2D eigenvalue weighted by Crippen LogP contribution is 2.34. The Morgan fingerprint density at radius 2 is 2.35 bits per heavy atom. The van der Waals surface area contributed by atoms with Crippen LogP contribution in [0.3, 0.4) is 0 Å². The highest BCUT2D eigenvalue weighted by molar-refractivity contribution is 5.77. The van der Waals surface area contributed by atoms with Gasteiger partial charge in [-0.3, -0.25) is 4.90 Å². The van der Waals surface area contributed by atoms with Gasteiger partial charge in [-0.05, 0) is 11.6 Å². The molecule has 1 saturated heterocycles. The largest absolute Gasteiger partial charge is 0.393 e. The lowest BCUT2D eigenvalue weighted by Crippen LogP contribution is -2.55. The van der Waals surface area contributed by atoms with Crippen LogP contribution in [-0.4, -0.2) is 63.2 Å². The number of nitrogens with zero attached hydrogens (tertiary/aromatic N) is 4. The molecule has 6 N–H and O–H groups in total. The van der Waals surface area contributed by atoms with Crippen LogP contribution in [0.4, 0.5) is 4.79 Å². The molecule has 0 bridgehead atoms. The topological polar surface area (TPSA) is 177 Å². The summed E-state index contributed by atoms with van der Waals surface area (Å²) in [6, 6.07) is -0.661. The van der Waals surface area contributed by atoms with Crippen molar-refractivity contribution in [3.05, 3.63) is 22.7 Å². The molecule has 0 aromatic rings. The number of hydrogen-bond donors (Lipinski definition) is 5. The third kappa shape index (κ3) is 2.18. The molecule has 0 aromatic carbocycles. The molecule has 1 fully saturated rings. The standard InChI is InChI=1S/C9H14N6O5/c10-4-1-2-15(8(19)12-4)7-5(17)6(18)9(3-16,20-7)13-14-11/h1-2,4-7,16-18H,3,10H2,(H,12,19)/t4?,5-,6-,7+,9+/m0/s1. The average molecular weight is 286 g/mol. The highest BCUT2D eigenvalue weighted by atomic mass is 16.6. The maximum atomic E-state index is 11.7. The molecule has 2 aliphatic rings. The summed E-state index contributed by atoms with van der Waals surface area (Å²) in [7, 11) is 0. The predicted molar refractivity (Wildman–Crippen MR) is 63.3 cm³/mol. The van der Waals surface area contributed by atoms with Gasteiger partial charge in [0.25, 0.3) is 0 Å². The molecule has 5 atom stereocenters. The number of aliphatic hydroxyl groups excluding tert-OH is 3. The van der Waals surface area contributed by atoms with Crippen molar-refractivity contribution >= 4 is 6.03 Å². The van der Waals surface area contributed by atoms with Crippen LogP contribution in [0.2, 0.25) is 0 Å². The summed E-state index contributed by atoms with van der Waals surface area (Å²) < 4.78 is 5.21. The molecule has 0 aromatic heterocycles. The van der Waals surface area contributed by atoms with E-state index >= 15 is 0 Å². The monoisotopic (exact) mass is 286 g/mol. The van der Waals surface area contributed by atoms with Crippen LogP contribution in [0.5, 0.6) is 0 Å². The van der Waals surface area contributed by atoms with Gasteiger partial charge in [0, 0.05) is 11.1 Å². The van der Waals surface area contributed by atoms with E-state index < -0.39 is 43.0 Å². The smallest absolute Gasteiger partial charge is 0.325 e. The molecule has 11 nitrogen and oxygen atoms in total. The molecule has 0 spiro atoms. The molecule has 11 heteroatoms. The van der Waals surface area contributed by atoms with Crippen LogP contribution in [0, 0.1) is 0 Å². The second-order valence-corrected chi connectivity index (χ2v) is 4.36. The number of ether oxygens (including phenoxy) is 1. The van der Waals surface area contributed by atoms with E-state index in [1.54, 1.807) is 0 Å². The molecule has 2 rings (SSSR count). The Labute approximate surface area is 112 Å². The van der Waals surface area contributed by atoms with E-state index in [-0.39, 0.29) is 0 Å². The lowest BCUT2D eigenvalue weighted by molar-refractivity contribution is -0.128. The van der Waals surface area contributed by atoms with Crippen molar-refractivity contribution in [3.63, 3.8) is 0 Å². The minimum atomic E-state index is -2.05. The van der Waals surface area contributed by atoms with Crippen molar-refractivity contribution in [1.29, 1.82) is 0 Å². The number of amides is 2. The van der Waals surface area contributed by atoms with Crippen LogP contribution in [0.25, 0.3) is 10.4 Å². The van der Waals surface area contributed by atoms with E-state index in [0.717, 1.165) is 4.90 Å². The van der Waals surface area contributed by atoms with Crippen molar-refractivity contribution in [2.24, 2.45) is 10.8 Å². The second-order valence-electron chi connectivity index (χ2n) is 4.36. The minimum absolute atomic E-state index is 0.661. The van der Waals surface area contributed by atoms with Crippen LogP contribution >= 0.6 is 0 Å². The molecular formula is C9H14N6O5. The number of carbonyl (C=O) groups is 1. The zero-order valence-electron chi connectivity index (χ0n) is 10.2. The van der Waals surface area contributed by atoms with Gasteiger partial charge in [-0.15, -0.1) is 0 Å². The van der Waals surface area contributed by atoms with E-state index in [1.807, 2.05) is 0 Å². The fraction of sp³-hybridized carbons (Fsp3) is 0.667. The molecule has 2 amide bonds. The van der Waals surface area contributed by atoms with Crippen molar-refractivity contribution in [2.75, 3.05) is 6.61 Å². The number of azide groups is 1. The maximum absolute atomic E-state index is 11.7. The fourth-order valence-electron chi connectivity index (χ4n) is 2.03. The van der Waals surface area contributed by atoms with Crippen LogP contribution < -0.4 is 11.1 Å². The lowest BCUT2D eigenvalue weighted by atomic mass is 10.1. The van der Waals surface area contributed by atoms with Gasteiger partial charge in [-0.25, -0.2) is 4.79 Å². The Morgan fingerprint density at radius 3 is 2.90 bits per heavy atom. The van der Waals surface area contributed by atoms with E-state index in [2.05, 4.69) is 15.3 Å². The summed E-state index contributed by atoms with van der Waals surface area (Å²) in [5.41, 5.74) is 11.9. The SMILES string of the molecule is [N-]=[N+]=N[C@]1(CO)O[C@@H](N2C=CC(N)NC2=O)[C@@H](O)[C@@H]1O. The maximum Gasteiger partial charge on any atom is 0.325 e. The predicted octanol–water partition coefficient (Wildman–Crippen LogP) is -2.11. The van der Waals surface area contributed by atoms with Gasteiger partial charge < -0.3 is 31.1 Å². The van der Waals surface area contributed by atoms with Gasteiger partial charge in [-0.2, -0.15) is 0 Å². The zero-order valence-corrected chi connectivity index (χ0v) is 10.2. The van der Waals surface area contributed by atoms with Gasteiger partial charge >= 0.3 is 6.03 Å². The lowest BCUT2D eigenvalue weighted by Gasteiger charge is -2.31. The Morgan fingerprint density at radius 1 is 1.65 bits per heavy atom. The Bertz CT molecular complexity index is 479. The van der Waals surface area contributed by atoms with E-state index in [4.69, 9.17) is 16.0 Å².